The summed E-state index contributed by atoms with van der Waals surface area (Å²) in [5.74, 6) is -2.93. The molecule has 0 aliphatic heterocycles. The number of sulfonamides is 1. The van der Waals surface area contributed by atoms with E-state index in [1.807, 2.05) is 11.8 Å². The number of alkyl halides is 3. The molecule has 2 aromatic rings. The fourth-order valence-electron chi connectivity index (χ4n) is 2.98. The number of rotatable bonds is 9. The molecule has 36 heavy (non-hydrogen) atoms. The van der Waals surface area contributed by atoms with Crippen LogP contribution in [-0.2, 0) is 14.8 Å². The van der Waals surface area contributed by atoms with Gasteiger partial charge in [-0.05, 0) is 37.0 Å². The maximum absolute atomic E-state index is 12.6. The van der Waals surface area contributed by atoms with E-state index in [9.17, 15) is 31.5 Å². The molecule has 0 radical (unpaired) electrons. The molecule has 0 amide bonds. The predicted molar refractivity (Wildman–Crippen MR) is 129 cm³/mol. The monoisotopic (exact) mass is 533 g/mol. The van der Waals surface area contributed by atoms with Crippen LogP contribution in [0.25, 0.3) is 0 Å². The number of benzene rings is 1. The van der Waals surface area contributed by atoms with Gasteiger partial charge < -0.3 is 15.1 Å². The largest absolute Gasteiger partial charge is 0.490 e. The van der Waals surface area contributed by atoms with Gasteiger partial charge in [-0.1, -0.05) is 45.4 Å². The topological polar surface area (TPSA) is 137 Å². The molecule has 1 aromatic heterocycles. The van der Waals surface area contributed by atoms with Crippen LogP contribution in [0.3, 0.4) is 0 Å². The molecule has 0 saturated heterocycles. The Labute approximate surface area is 208 Å². The zero-order valence-corrected chi connectivity index (χ0v) is 21.3. The molecule has 0 bridgehead atoms. The normalized spacial score (nSPS) is 11.6. The van der Waals surface area contributed by atoms with Crippen molar-refractivity contribution in [2.75, 3.05) is 22.7 Å². The Morgan fingerprint density at radius 1 is 1.03 bits per heavy atom. The SMILES string of the molecule is Cc1ccc(S(=O)(=O)Nc2cnc(N(CC(C)C)CC(C)C)c(C(=O)O)c2)cc1.O=C(O)C(F)(F)F. The highest BCUT2D eigenvalue weighted by molar-refractivity contribution is 7.92. The van der Waals surface area contributed by atoms with Gasteiger partial charge in [-0.25, -0.2) is 23.0 Å². The van der Waals surface area contributed by atoms with E-state index in [-0.39, 0.29) is 16.1 Å². The van der Waals surface area contributed by atoms with E-state index < -0.39 is 28.1 Å². The molecule has 13 heteroatoms. The number of halogens is 3. The predicted octanol–water partition coefficient (Wildman–Crippen LogP) is 4.64. The van der Waals surface area contributed by atoms with Crippen molar-refractivity contribution in [1.82, 2.24) is 4.98 Å². The molecule has 200 valence electrons. The quantitative estimate of drug-likeness (QED) is 0.424. The zero-order valence-electron chi connectivity index (χ0n) is 20.5. The summed E-state index contributed by atoms with van der Waals surface area (Å²) in [5, 5.41) is 16.8. The molecule has 2 rings (SSSR count). The van der Waals surface area contributed by atoms with E-state index in [0.29, 0.717) is 30.7 Å². The number of anilines is 2. The second-order valence-electron chi connectivity index (χ2n) is 8.81. The average molecular weight is 534 g/mol. The molecule has 1 aromatic carbocycles. The molecule has 0 unspecified atom stereocenters. The third kappa shape index (κ3) is 9.72. The van der Waals surface area contributed by atoms with Gasteiger partial charge in [0.15, 0.2) is 0 Å². The van der Waals surface area contributed by atoms with Crippen LogP contribution in [0.1, 0.15) is 43.6 Å². The van der Waals surface area contributed by atoms with Crippen LogP contribution in [0.5, 0.6) is 0 Å². The number of pyridine rings is 1. The molecule has 0 aliphatic carbocycles. The van der Waals surface area contributed by atoms with Crippen molar-refractivity contribution < 1.29 is 41.4 Å². The number of aliphatic carboxylic acids is 1. The van der Waals surface area contributed by atoms with Crippen molar-refractivity contribution in [2.24, 2.45) is 11.8 Å². The van der Waals surface area contributed by atoms with Gasteiger partial charge in [0.25, 0.3) is 10.0 Å². The van der Waals surface area contributed by atoms with E-state index in [0.717, 1.165) is 5.56 Å². The Morgan fingerprint density at radius 2 is 1.50 bits per heavy atom. The molecule has 9 nitrogen and oxygen atoms in total. The van der Waals surface area contributed by atoms with E-state index in [2.05, 4.69) is 37.4 Å². The third-order valence-electron chi connectivity index (χ3n) is 4.39. The second-order valence-corrected chi connectivity index (χ2v) is 10.5. The van der Waals surface area contributed by atoms with Crippen LogP contribution in [0.2, 0.25) is 0 Å². The van der Waals surface area contributed by atoms with Gasteiger partial charge in [-0.3, -0.25) is 4.72 Å². The highest BCUT2D eigenvalue weighted by Crippen LogP contribution is 2.25. The molecular weight excluding hydrogens is 503 g/mol. The number of aromatic nitrogens is 1. The first-order valence-corrected chi connectivity index (χ1v) is 12.3. The van der Waals surface area contributed by atoms with Crippen LogP contribution in [-0.4, -0.2) is 54.8 Å². The Bertz CT molecular complexity index is 1140. The van der Waals surface area contributed by atoms with E-state index in [4.69, 9.17) is 9.90 Å². The number of carbonyl (C=O) groups is 2. The summed E-state index contributed by atoms with van der Waals surface area (Å²) in [6.45, 7) is 11.4. The number of hydrogen-bond acceptors (Lipinski definition) is 6. The first kappa shape index (κ1) is 30.7. The number of hydrogen-bond donors (Lipinski definition) is 3. The lowest BCUT2D eigenvalue weighted by Gasteiger charge is -2.28. The van der Waals surface area contributed by atoms with Crippen molar-refractivity contribution in [3.63, 3.8) is 0 Å². The minimum absolute atomic E-state index is 0.0320. The smallest absolute Gasteiger partial charge is 0.478 e. The molecule has 0 saturated carbocycles. The van der Waals surface area contributed by atoms with Crippen LogP contribution in [0.4, 0.5) is 24.7 Å². The fraction of sp³-hybridized carbons (Fsp3) is 0.435. The van der Waals surface area contributed by atoms with Crippen LogP contribution in [0, 0.1) is 18.8 Å². The van der Waals surface area contributed by atoms with Gasteiger partial charge in [0, 0.05) is 13.1 Å². The summed E-state index contributed by atoms with van der Waals surface area (Å²) >= 11 is 0. The summed E-state index contributed by atoms with van der Waals surface area (Å²) in [7, 11) is -3.84. The molecule has 0 atom stereocenters. The third-order valence-corrected chi connectivity index (χ3v) is 5.79. The summed E-state index contributed by atoms with van der Waals surface area (Å²) in [4.78, 5) is 27.1. The van der Waals surface area contributed by atoms with Crippen LogP contribution in [0.15, 0.2) is 41.4 Å². The summed E-state index contributed by atoms with van der Waals surface area (Å²) in [5.41, 5.74) is 1.02. The van der Waals surface area contributed by atoms with Gasteiger partial charge in [0.2, 0.25) is 0 Å². The van der Waals surface area contributed by atoms with Gasteiger partial charge >= 0.3 is 18.1 Å². The van der Waals surface area contributed by atoms with Crippen molar-refractivity contribution in [3.8, 4) is 0 Å². The number of aryl methyl sites for hydroxylation is 1. The van der Waals surface area contributed by atoms with E-state index >= 15 is 0 Å². The maximum atomic E-state index is 12.6. The van der Waals surface area contributed by atoms with Crippen molar-refractivity contribution in [3.05, 3.63) is 47.7 Å². The Hall–Kier alpha value is -3.35. The minimum Gasteiger partial charge on any atom is -0.478 e. The molecule has 0 spiro atoms. The lowest BCUT2D eigenvalue weighted by molar-refractivity contribution is -0.192. The molecular formula is C23H30F3N3O6S. The van der Waals surface area contributed by atoms with Crippen LogP contribution >= 0.6 is 0 Å². The second kappa shape index (κ2) is 12.6. The lowest BCUT2D eigenvalue weighted by atomic mass is 10.1. The van der Waals surface area contributed by atoms with Crippen molar-refractivity contribution >= 4 is 33.5 Å². The molecule has 3 N–H and O–H groups in total. The maximum Gasteiger partial charge on any atom is 0.490 e. The van der Waals surface area contributed by atoms with Crippen LogP contribution < -0.4 is 9.62 Å². The summed E-state index contributed by atoms with van der Waals surface area (Å²) < 4.78 is 59.4. The Morgan fingerprint density at radius 3 is 1.89 bits per heavy atom. The highest BCUT2D eigenvalue weighted by Gasteiger charge is 2.38. The van der Waals surface area contributed by atoms with Crippen molar-refractivity contribution in [2.45, 2.75) is 45.7 Å². The first-order valence-electron chi connectivity index (χ1n) is 10.8. The number of nitrogens with zero attached hydrogens (tertiary/aromatic N) is 2. The fourth-order valence-corrected chi connectivity index (χ4v) is 4.02. The molecule has 1 heterocycles. The van der Waals surface area contributed by atoms with Gasteiger partial charge in [-0.2, -0.15) is 13.2 Å². The summed E-state index contributed by atoms with van der Waals surface area (Å²) in [6.07, 6.45) is -3.72. The lowest BCUT2D eigenvalue weighted by Crippen LogP contribution is -2.33. The zero-order chi connectivity index (χ0) is 27.8. The van der Waals surface area contributed by atoms with Crippen molar-refractivity contribution in [1.29, 1.82) is 0 Å². The molecule has 0 fully saturated rings. The standard InChI is InChI=1S/C21H29N3O4S.C2HF3O2/c1-14(2)12-24(13-15(3)4)20-19(21(25)26)10-17(11-22-20)23-29(27,28)18-8-6-16(5)7-9-18;3-2(4,5)1(6)7/h6-11,14-15,23H,12-13H2,1-5H3,(H,25,26);(H,6,7). The van der Waals surface area contributed by atoms with E-state index in [1.165, 1.54) is 24.4 Å². The number of carboxylic acids is 2. The number of aromatic carboxylic acids is 1. The summed E-state index contributed by atoms with van der Waals surface area (Å²) in [6, 6.07) is 7.74. The highest BCUT2D eigenvalue weighted by atomic mass is 32.2. The Kier molecular flexibility index (Phi) is 10.7. The first-order chi connectivity index (χ1) is 16.4. The minimum atomic E-state index is -5.08. The van der Waals surface area contributed by atoms with E-state index in [1.54, 1.807) is 12.1 Å². The Balaban J connectivity index is 0.000000809. The number of carboxylic acid groups (broad SMARTS) is 2. The van der Waals surface area contributed by atoms with Gasteiger partial charge in [0.1, 0.15) is 11.4 Å². The number of nitrogens with one attached hydrogen (secondary N) is 1. The van der Waals surface area contributed by atoms with Gasteiger partial charge in [-0.15, -0.1) is 0 Å². The average Bonchev–Trinajstić information content (AvgIpc) is 2.72. The van der Waals surface area contributed by atoms with Gasteiger partial charge in [0.05, 0.1) is 16.8 Å². The molecule has 0 aliphatic rings.